The van der Waals surface area contributed by atoms with Gasteiger partial charge in [0.2, 0.25) is 0 Å². The average Bonchev–Trinajstić information content (AvgIpc) is 2.78. The normalized spacial score (nSPS) is 19.2. The Morgan fingerprint density at radius 1 is 1.45 bits per heavy atom. The lowest BCUT2D eigenvalue weighted by Crippen LogP contribution is -2.38. The van der Waals surface area contributed by atoms with Crippen molar-refractivity contribution in [3.05, 3.63) is 23.8 Å². The maximum atomic E-state index is 12.2. The van der Waals surface area contributed by atoms with Crippen LogP contribution < -0.4 is 14.0 Å². The van der Waals surface area contributed by atoms with Gasteiger partial charge >= 0.3 is 15.6 Å². The molecule has 1 aromatic carbocycles. The number of hydrogen-bond donors (Lipinski definition) is 0. The Balaban J connectivity index is 2.19. The molecular weight excluding hydrogens is 329 g/mol. The Morgan fingerprint density at radius 2 is 2.09 bits per heavy atom. The van der Waals surface area contributed by atoms with Crippen LogP contribution >= 0.6 is 0 Å². The second-order valence-corrected chi connectivity index (χ2v) is 6.26. The number of halogens is 3. The van der Waals surface area contributed by atoms with E-state index in [1.807, 2.05) is 0 Å². The predicted molar refractivity (Wildman–Crippen MR) is 64.3 cm³/mol. The van der Waals surface area contributed by atoms with Crippen molar-refractivity contribution in [3.8, 4) is 11.5 Å². The molecular formula is C12H10F3O6S-. The van der Waals surface area contributed by atoms with Gasteiger partial charge in [0.15, 0.2) is 0 Å². The van der Waals surface area contributed by atoms with Gasteiger partial charge in [0.25, 0.3) is 0 Å². The maximum absolute atomic E-state index is 12.2. The summed E-state index contributed by atoms with van der Waals surface area (Å²) in [4.78, 5) is 10.8. The van der Waals surface area contributed by atoms with Crippen LogP contribution in [0.15, 0.2) is 18.2 Å². The molecule has 22 heavy (non-hydrogen) atoms. The quantitative estimate of drug-likeness (QED) is 0.589. The van der Waals surface area contributed by atoms with Gasteiger partial charge in [0.05, 0.1) is 0 Å². The molecule has 1 aliphatic heterocycles. The van der Waals surface area contributed by atoms with Gasteiger partial charge in [-0.25, -0.2) is 0 Å². The smallest absolute Gasteiger partial charge is 0.534 e. The molecule has 0 N–H and O–H groups in total. The number of carboxylic acids is 1. The second-order valence-electron chi connectivity index (χ2n) is 4.72. The number of rotatable bonds is 4. The SMILES string of the molecule is CC(C(=O)[O-])C1Cc2cc(OS(=O)(=O)C(F)(F)F)ccc2O1. The first kappa shape index (κ1) is 16.4. The Labute approximate surface area is 123 Å². The van der Waals surface area contributed by atoms with Gasteiger partial charge < -0.3 is 18.8 Å². The van der Waals surface area contributed by atoms with Gasteiger partial charge in [0, 0.05) is 23.9 Å². The summed E-state index contributed by atoms with van der Waals surface area (Å²) in [7, 11) is -5.76. The zero-order valence-electron chi connectivity index (χ0n) is 11.1. The van der Waals surface area contributed by atoms with Crippen molar-refractivity contribution in [3.63, 3.8) is 0 Å². The Kier molecular flexibility index (Phi) is 3.98. The molecule has 2 atom stereocenters. The minimum absolute atomic E-state index is 0.0910. The van der Waals surface area contributed by atoms with E-state index in [1.165, 1.54) is 13.0 Å². The summed E-state index contributed by atoms with van der Waals surface area (Å²) in [6.07, 6.45) is -0.650. The van der Waals surface area contributed by atoms with Gasteiger partial charge in [-0.05, 0) is 18.2 Å². The highest BCUT2D eigenvalue weighted by molar-refractivity contribution is 7.88. The molecule has 0 aliphatic carbocycles. The minimum Gasteiger partial charge on any atom is -0.550 e. The highest BCUT2D eigenvalue weighted by atomic mass is 32.2. The highest BCUT2D eigenvalue weighted by Crippen LogP contribution is 2.35. The van der Waals surface area contributed by atoms with Gasteiger partial charge in [-0.2, -0.15) is 21.6 Å². The zero-order valence-corrected chi connectivity index (χ0v) is 11.9. The van der Waals surface area contributed by atoms with Crippen molar-refractivity contribution in [2.24, 2.45) is 5.92 Å². The van der Waals surface area contributed by atoms with Crippen LogP contribution in [-0.2, 0) is 21.3 Å². The van der Waals surface area contributed by atoms with Gasteiger partial charge in [-0.1, -0.05) is 6.92 Å². The van der Waals surface area contributed by atoms with Crippen molar-refractivity contribution in [2.75, 3.05) is 0 Å². The molecule has 0 spiro atoms. The van der Waals surface area contributed by atoms with E-state index in [0.717, 1.165) is 12.1 Å². The van der Waals surface area contributed by atoms with E-state index in [9.17, 15) is 31.5 Å². The molecule has 0 saturated carbocycles. The lowest BCUT2D eigenvalue weighted by Gasteiger charge is -2.19. The number of fused-ring (bicyclic) bond motifs is 1. The van der Waals surface area contributed by atoms with E-state index in [-0.39, 0.29) is 12.2 Å². The van der Waals surface area contributed by atoms with Crippen molar-refractivity contribution in [1.29, 1.82) is 0 Å². The number of carboxylic acid groups (broad SMARTS) is 1. The van der Waals surface area contributed by atoms with Crippen LogP contribution in [0.5, 0.6) is 11.5 Å². The van der Waals surface area contributed by atoms with Gasteiger partial charge in [0.1, 0.15) is 17.6 Å². The van der Waals surface area contributed by atoms with E-state index in [1.54, 1.807) is 0 Å². The Morgan fingerprint density at radius 3 is 2.64 bits per heavy atom. The summed E-state index contributed by atoms with van der Waals surface area (Å²) in [5.41, 5.74) is -5.18. The van der Waals surface area contributed by atoms with E-state index < -0.39 is 39.4 Å². The summed E-state index contributed by atoms with van der Waals surface area (Å²) in [6, 6.07) is 3.29. The molecule has 0 aromatic heterocycles. The molecule has 1 heterocycles. The van der Waals surface area contributed by atoms with Crippen LogP contribution in [0.3, 0.4) is 0 Å². The van der Waals surface area contributed by atoms with Crippen molar-refractivity contribution in [2.45, 2.75) is 25.0 Å². The standard InChI is InChI=1S/C12H11F3O6S/c1-6(11(16)17)10-5-7-4-8(2-3-9(7)20-10)21-22(18,19)12(13,14)15/h2-4,6,10H,5H2,1H3,(H,16,17)/p-1. The first-order valence-electron chi connectivity index (χ1n) is 6.02. The molecule has 2 rings (SSSR count). The molecule has 1 aliphatic rings. The van der Waals surface area contributed by atoms with Crippen LogP contribution in [0.4, 0.5) is 13.2 Å². The van der Waals surface area contributed by atoms with Crippen molar-refractivity contribution < 1.29 is 40.4 Å². The number of carbonyl (C=O) groups is 1. The van der Waals surface area contributed by atoms with Crippen LogP contribution in [0.1, 0.15) is 12.5 Å². The fraction of sp³-hybridized carbons (Fsp3) is 0.417. The first-order chi connectivity index (χ1) is 10.0. The fourth-order valence-electron chi connectivity index (χ4n) is 1.91. The van der Waals surface area contributed by atoms with E-state index >= 15 is 0 Å². The maximum Gasteiger partial charge on any atom is 0.534 e. The molecule has 6 nitrogen and oxygen atoms in total. The third kappa shape index (κ3) is 3.11. The summed E-state index contributed by atoms with van der Waals surface area (Å²) < 4.78 is 67.9. The Bertz CT molecular complexity index is 697. The predicted octanol–water partition coefficient (Wildman–Crippen LogP) is 0.604. The van der Waals surface area contributed by atoms with Crippen LogP contribution in [0, 0.1) is 5.92 Å². The monoisotopic (exact) mass is 339 g/mol. The molecule has 2 unspecified atom stereocenters. The molecule has 0 bridgehead atoms. The van der Waals surface area contributed by atoms with Crippen LogP contribution in [0.25, 0.3) is 0 Å². The molecule has 10 heteroatoms. The lowest BCUT2D eigenvalue weighted by molar-refractivity contribution is -0.313. The number of ether oxygens (including phenoxy) is 1. The molecule has 0 radical (unpaired) electrons. The number of hydrogen-bond acceptors (Lipinski definition) is 6. The number of benzene rings is 1. The van der Waals surface area contributed by atoms with Gasteiger partial charge in [-0.3, -0.25) is 0 Å². The summed E-state index contributed by atoms with van der Waals surface area (Å²) in [5, 5.41) is 10.8. The first-order valence-corrected chi connectivity index (χ1v) is 7.43. The largest absolute Gasteiger partial charge is 0.550 e. The second kappa shape index (κ2) is 5.34. The molecule has 0 saturated heterocycles. The van der Waals surface area contributed by atoms with Gasteiger partial charge in [-0.15, -0.1) is 0 Å². The topological polar surface area (TPSA) is 92.7 Å². The van der Waals surface area contributed by atoms with E-state index in [0.29, 0.717) is 5.56 Å². The minimum atomic E-state index is -5.76. The fourth-order valence-corrected chi connectivity index (χ4v) is 2.36. The molecule has 0 fully saturated rings. The van der Waals surface area contributed by atoms with Crippen molar-refractivity contribution >= 4 is 16.1 Å². The molecule has 0 amide bonds. The van der Waals surface area contributed by atoms with E-state index in [2.05, 4.69) is 4.18 Å². The highest BCUT2D eigenvalue weighted by Gasteiger charge is 2.48. The van der Waals surface area contributed by atoms with Crippen molar-refractivity contribution in [1.82, 2.24) is 0 Å². The summed E-state index contributed by atoms with van der Waals surface area (Å²) in [6.45, 7) is 1.37. The number of alkyl halides is 3. The Hall–Kier alpha value is -1.97. The third-order valence-electron chi connectivity index (χ3n) is 3.15. The third-order valence-corrected chi connectivity index (χ3v) is 4.13. The lowest BCUT2D eigenvalue weighted by atomic mass is 10.00. The summed E-state index contributed by atoms with van der Waals surface area (Å²) in [5.74, 6) is -2.53. The molecule has 1 aromatic rings. The number of carbonyl (C=O) groups excluding carboxylic acids is 1. The molecule has 122 valence electrons. The average molecular weight is 339 g/mol. The van der Waals surface area contributed by atoms with Crippen LogP contribution in [0.2, 0.25) is 0 Å². The summed E-state index contributed by atoms with van der Waals surface area (Å²) >= 11 is 0. The zero-order chi connectivity index (χ0) is 16.7. The number of aliphatic carboxylic acids is 1. The van der Waals surface area contributed by atoms with Crippen LogP contribution in [-0.4, -0.2) is 26.0 Å². The van der Waals surface area contributed by atoms with E-state index in [4.69, 9.17) is 4.74 Å².